The molecule has 3 saturated carbocycles. The Labute approximate surface area is 429 Å². The molecule has 15 nitrogen and oxygen atoms in total. The molecule has 0 N–H and O–H groups in total. The number of thiazole rings is 1. The molecule has 0 bridgehead atoms. The van der Waals surface area contributed by atoms with Gasteiger partial charge in [-0.2, -0.15) is 0 Å². The third-order valence-corrected chi connectivity index (χ3v) is 15.3. The number of ketones is 3. The van der Waals surface area contributed by atoms with Gasteiger partial charge in [-0.05, 0) is 97.4 Å². The highest BCUT2D eigenvalue weighted by Crippen LogP contribution is 2.50. The van der Waals surface area contributed by atoms with Crippen molar-refractivity contribution in [1.82, 2.24) is 29.9 Å². The summed E-state index contributed by atoms with van der Waals surface area (Å²) in [4.78, 5) is 63.6. The second-order valence-electron chi connectivity index (χ2n) is 21.2. The van der Waals surface area contributed by atoms with Crippen molar-refractivity contribution in [2.45, 2.75) is 111 Å². The molecule has 3 saturated heterocycles. The Hall–Kier alpha value is -6.33. The van der Waals surface area contributed by atoms with E-state index in [0.29, 0.717) is 33.3 Å². The van der Waals surface area contributed by atoms with E-state index in [4.69, 9.17) is 28.4 Å². The summed E-state index contributed by atoms with van der Waals surface area (Å²) in [6, 6.07) is 22.2. The first-order valence-corrected chi connectivity index (χ1v) is 26.1. The van der Waals surface area contributed by atoms with Crippen molar-refractivity contribution in [2.24, 2.45) is 16.2 Å². The second-order valence-corrected chi connectivity index (χ2v) is 22.1. The Morgan fingerprint density at radius 2 is 0.918 bits per heavy atom. The Kier molecular flexibility index (Phi) is 14.6. The van der Waals surface area contributed by atoms with Gasteiger partial charge >= 0.3 is 0 Å². The molecule has 0 unspecified atom stereocenters. The lowest BCUT2D eigenvalue weighted by molar-refractivity contribution is -0.191. The minimum Gasteiger partial charge on any atom is -0.490 e. The molecule has 16 heteroatoms. The van der Waals surface area contributed by atoms with Crippen molar-refractivity contribution in [3.8, 4) is 17.2 Å². The highest BCUT2D eigenvalue weighted by Gasteiger charge is 2.53. The van der Waals surface area contributed by atoms with Gasteiger partial charge in [-0.1, -0.05) is 12.1 Å². The van der Waals surface area contributed by atoms with Crippen LogP contribution in [0.3, 0.4) is 0 Å². The van der Waals surface area contributed by atoms with Gasteiger partial charge in [-0.3, -0.25) is 24.4 Å². The standard InChI is InChI=1S/C20H22N2O3.C19H20N2O3.C18H20N2O3S/c1-13-4-3-5-15(21-13)7-19(23)18-8-16(6-14(2)22-18)25-17-9-20(10-17)11-24-12-20;1-13-6-15(24-16-9-19(10-16)11-23-12-19)8-17(21-13)18(22)7-14-4-2-3-5-20-14;1-11-3-13(23-14-6-18(7-14)9-22-10-18)4-15(19-11)16(21)5-17-20-12(2)8-24-17/h3-6,8,17H,7,9-12H2,1-2H3;2-6,8,16H,7,9-12H2,1H3;3-4,8,14H,5-7,9-10H2,1-2H3. The lowest BCUT2D eigenvalue weighted by atomic mass is 9.65. The minimum absolute atomic E-state index is 0.0182. The number of carbonyl (C=O) groups is 3. The number of aryl methyl sites for hydroxylation is 5. The molecule has 9 heterocycles. The van der Waals surface area contributed by atoms with Crippen molar-refractivity contribution in [3.05, 3.63) is 146 Å². The molecule has 12 rings (SSSR count). The maximum Gasteiger partial charge on any atom is 0.188 e. The molecule has 0 atom stereocenters. The van der Waals surface area contributed by atoms with Crippen molar-refractivity contribution in [3.63, 3.8) is 0 Å². The molecular weight excluding hydrogens is 945 g/mol. The van der Waals surface area contributed by atoms with Crippen LogP contribution < -0.4 is 14.2 Å². The van der Waals surface area contributed by atoms with E-state index in [2.05, 4.69) is 29.9 Å². The highest BCUT2D eigenvalue weighted by molar-refractivity contribution is 7.09. The van der Waals surface area contributed by atoms with Crippen molar-refractivity contribution in [2.75, 3.05) is 39.6 Å². The van der Waals surface area contributed by atoms with Gasteiger partial charge in [0.05, 0.1) is 58.9 Å². The first-order valence-electron chi connectivity index (χ1n) is 25.2. The summed E-state index contributed by atoms with van der Waals surface area (Å²) >= 11 is 1.51. The lowest BCUT2D eigenvalue weighted by Gasteiger charge is -2.52. The number of hydrogen-bond donors (Lipinski definition) is 0. The second kappa shape index (κ2) is 21.3. The summed E-state index contributed by atoms with van der Waals surface area (Å²) in [6.45, 7) is 14.7. The van der Waals surface area contributed by atoms with Crippen LogP contribution >= 0.6 is 11.3 Å². The fourth-order valence-electron chi connectivity index (χ4n) is 10.4. The molecule has 73 heavy (non-hydrogen) atoms. The topological polar surface area (TPSA) is 184 Å². The van der Waals surface area contributed by atoms with Gasteiger partial charge in [0.15, 0.2) is 17.3 Å². The number of carbonyl (C=O) groups excluding carboxylic acids is 3. The van der Waals surface area contributed by atoms with Gasteiger partial charge in [-0.15, -0.1) is 11.3 Å². The lowest BCUT2D eigenvalue weighted by Crippen LogP contribution is -2.56. The van der Waals surface area contributed by atoms with E-state index >= 15 is 0 Å². The van der Waals surface area contributed by atoms with E-state index in [9.17, 15) is 14.4 Å². The molecular formula is C57H62N6O9S. The van der Waals surface area contributed by atoms with Crippen molar-refractivity contribution >= 4 is 28.7 Å². The first-order chi connectivity index (χ1) is 35.1. The summed E-state index contributed by atoms with van der Waals surface area (Å²) in [5, 5.41) is 2.78. The Morgan fingerprint density at radius 3 is 1.29 bits per heavy atom. The highest BCUT2D eigenvalue weighted by atomic mass is 32.1. The monoisotopic (exact) mass is 1010 g/mol. The van der Waals surface area contributed by atoms with E-state index in [1.165, 1.54) is 11.3 Å². The zero-order chi connectivity index (χ0) is 50.7. The molecule has 6 aliphatic rings. The van der Waals surface area contributed by atoms with Gasteiger partial charge in [0.1, 0.15) is 57.6 Å². The Balaban J connectivity index is 0.000000126. The van der Waals surface area contributed by atoms with E-state index in [1.54, 1.807) is 24.4 Å². The van der Waals surface area contributed by atoms with Crippen LogP contribution in [-0.4, -0.2) is 105 Å². The first kappa shape index (κ1) is 50.2. The predicted molar refractivity (Wildman–Crippen MR) is 272 cm³/mol. The van der Waals surface area contributed by atoms with Crippen LogP contribution in [-0.2, 0) is 33.5 Å². The largest absolute Gasteiger partial charge is 0.490 e. The Morgan fingerprint density at radius 1 is 0.493 bits per heavy atom. The molecule has 0 radical (unpaired) electrons. The zero-order valence-electron chi connectivity index (χ0n) is 42.2. The van der Waals surface area contributed by atoms with Crippen LogP contribution in [0.1, 0.15) is 115 Å². The molecule has 3 aliphatic carbocycles. The SMILES string of the molecule is Cc1cc(OC2CC3(COC3)C2)cc(C(=O)Cc2ccccn2)n1.Cc1cc(OC2CC3(COC3)C2)cc(C(=O)Cc2nc(C)cs2)n1.Cc1cccc(CC(=O)c2cc(OC3CC4(COC4)C3)cc(C)n2)n1. The third-order valence-electron chi connectivity index (χ3n) is 14.3. The van der Waals surface area contributed by atoms with Gasteiger partial charge in [0.25, 0.3) is 0 Å². The molecule has 6 fully saturated rings. The maximum atomic E-state index is 12.6. The summed E-state index contributed by atoms with van der Waals surface area (Å²) in [5.41, 5.74) is 8.19. The molecule has 3 spiro atoms. The molecule has 0 amide bonds. The van der Waals surface area contributed by atoms with Gasteiger partial charge < -0.3 is 28.4 Å². The number of pyridine rings is 5. The average molecular weight is 1010 g/mol. The Bertz CT molecular complexity index is 2960. The molecule has 3 aliphatic heterocycles. The van der Waals surface area contributed by atoms with Gasteiger partial charge in [-0.25, -0.2) is 19.9 Å². The summed E-state index contributed by atoms with van der Waals surface area (Å²) in [5.74, 6) is 2.10. The number of Topliss-reactive ketones (excluding diaryl/α,β-unsaturated/α-hetero) is 3. The molecule has 6 aromatic heterocycles. The van der Waals surface area contributed by atoms with Crippen LogP contribution in [0.4, 0.5) is 0 Å². The number of nitrogens with zero attached hydrogens (tertiary/aromatic N) is 6. The molecule has 6 aromatic rings. The van der Waals surface area contributed by atoms with Gasteiger partial charge in [0, 0.05) is 104 Å². The normalized spacial score (nSPS) is 20.2. The molecule has 0 aromatic carbocycles. The number of hydrogen-bond acceptors (Lipinski definition) is 16. The quantitative estimate of drug-likeness (QED) is 0.0888. The maximum absolute atomic E-state index is 12.6. The smallest absolute Gasteiger partial charge is 0.188 e. The van der Waals surface area contributed by atoms with Gasteiger partial charge in [0.2, 0.25) is 0 Å². The predicted octanol–water partition coefficient (Wildman–Crippen LogP) is 8.98. The van der Waals surface area contributed by atoms with Crippen molar-refractivity contribution < 1.29 is 42.8 Å². The van der Waals surface area contributed by atoms with Crippen LogP contribution in [0.25, 0.3) is 0 Å². The fraction of sp³-hybridized carbons (Fsp3) is 0.456. The zero-order valence-corrected chi connectivity index (χ0v) is 43.0. The van der Waals surface area contributed by atoms with Crippen LogP contribution in [0.15, 0.2) is 84.4 Å². The van der Waals surface area contributed by atoms with Crippen molar-refractivity contribution in [1.29, 1.82) is 0 Å². The van der Waals surface area contributed by atoms with E-state index < -0.39 is 0 Å². The summed E-state index contributed by atoms with van der Waals surface area (Å²) in [7, 11) is 0. The third kappa shape index (κ3) is 12.4. The van der Waals surface area contributed by atoms with E-state index in [1.807, 2.05) is 94.6 Å². The van der Waals surface area contributed by atoms with Crippen LogP contribution in [0.5, 0.6) is 17.2 Å². The average Bonchev–Trinajstić information content (AvgIpc) is 3.69. The number of ether oxygens (including phenoxy) is 6. The summed E-state index contributed by atoms with van der Waals surface area (Å²) < 4.78 is 34.0. The molecule has 380 valence electrons. The minimum atomic E-state index is -0.0419. The number of aromatic nitrogens is 6. The fourth-order valence-corrected chi connectivity index (χ4v) is 11.2. The van der Waals surface area contributed by atoms with E-state index in [0.717, 1.165) is 140 Å². The van der Waals surface area contributed by atoms with E-state index in [-0.39, 0.29) is 54.9 Å². The van der Waals surface area contributed by atoms with Crippen LogP contribution in [0, 0.1) is 50.9 Å². The van der Waals surface area contributed by atoms with Crippen LogP contribution in [0.2, 0.25) is 0 Å². The summed E-state index contributed by atoms with van der Waals surface area (Å²) in [6.07, 6.45) is 9.35. The number of rotatable bonds is 15.